The monoisotopic (exact) mass is 368 g/mol. The molecule has 1 aromatic heterocycles. The lowest BCUT2D eigenvalue weighted by molar-refractivity contribution is 0.129. The molecule has 0 amide bonds. The third-order valence-corrected chi connectivity index (χ3v) is 5.59. The van der Waals surface area contributed by atoms with Gasteiger partial charge in [-0.25, -0.2) is 9.97 Å². The van der Waals surface area contributed by atoms with Crippen molar-refractivity contribution in [1.29, 1.82) is 0 Å². The van der Waals surface area contributed by atoms with Crippen LogP contribution in [-0.4, -0.2) is 52.7 Å². The lowest BCUT2D eigenvalue weighted by Gasteiger charge is -2.37. The average Bonchev–Trinajstić information content (AvgIpc) is 2.72. The summed E-state index contributed by atoms with van der Waals surface area (Å²) in [5.74, 6) is 1.93. The summed E-state index contributed by atoms with van der Waals surface area (Å²) in [7, 11) is 2.18. The van der Waals surface area contributed by atoms with Gasteiger partial charge in [0.25, 0.3) is 0 Å². The highest BCUT2D eigenvalue weighted by Crippen LogP contribution is 2.23. The standard InChI is InChI=1S/C22H32N4O/c1-4-19-16-22(24-17(2)23-19)26-14-10-20(11-15-26)25(3)13-12-21(27)18-8-6-5-7-9-18/h5-9,16,20-21,27H,4,10-15H2,1-3H3/t21-/m1/s1. The molecule has 2 aromatic rings. The highest BCUT2D eigenvalue weighted by molar-refractivity contribution is 5.40. The molecule has 2 heterocycles. The van der Waals surface area contributed by atoms with Crippen molar-refractivity contribution >= 4 is 5.82 Å². The molecule has 0 saturated carbocycles. The summed E-state index contributed by atoms with van der Waals surface area (Å²) in [5.41, 5.74) is 2.12. The SMILES string of the molecule is CCc1cc(N2CCC(N(C)CC[C@@H](O)c3ccccc3)CC2)nc(C)n1. The Balaban J connectivity index is 1.49. The van der Waals surface area contributed by atoms with Crippen LogP contribution in [0.4, 0.5) is 5.82 Å². The molecule has 1 atom stereocenters. The summed E-state index contributed by atoms with van der Waals surface area (Å²) in [5, 5.41) is 10.4. The average molecular weight is 369 g/mol. The lowest BCUT2D eigenvalue weighted by atomic mass is 10.0. The van der Waals surface area contributed by atoms with Crippen molar-refractivity contribution in [2.45, 2.75) is 51.7 Å². The van der Waals surface area contributed by atoms with Crippen molar-refractivity contribution < 1.29 is 5.11 Å². The van der Waals surface area contributed by atoms with Crippen molar-refractivity contribution in [3.05, 3.63) is 53.5 Å². The number of aryl methyl sites for hydroxylation is 2. The van der Waals surface area contributed by atoms with Gasteiger partial charge in [0.2, 0.25) is 0 Å². The van der Waals surface area contributed by atoms with Crippen LogP contribution in [0.15, 0.2) is 36.4 Å². The molecule has 0 radical (unpaired) electrons. The summed E-state index contributed by atoms with van der Waals surface area (Å²) in [6.45, 7) is 7.07. The Bertz CT molecular complexity index is 714. The second kappa shape index (κ2) is 9.29. The van der Waals surface area contributed by atoms with Gasteiger partial charge in [0, 0.05) is 37.4 Å². The number of anilines is 1. The second-order valence-electron chi connectivity index (χ2n) is 7.53. The Hall–Kier alpha value is -1.98. The zero-order valence-corrected chi connectivity index (χ0v) is 16.8. The van der Waals surface area contributed by atoms with Crippen LogP contribution in [0.1, 0.15) is 49.4 Å². The topological polar surface area (TPSA) is 52.5 Å². The van der Waals surface area contributed by atoms with Gasteiger partial charge >= 0.3 is 0 Å². The van der Waals surface area contributed by atoms with E-state index in [9.17, 15) is 5.11 Å². The fourth-order valence-corrected chi connectivity index (χ4v) is 3.84. The van der Waals surface area contributed by atoms with Crippen LogP contribution in [0.2, 0.25) is 0 Å². The van der Waals surface area contributed by atoms with E-state index in [-0.39, 0.29) is 6.10 Å². The van der Waals surface area contributed by atoms with Gasteiger partial charge in [0.05, 0.1) is 6.10 Å². The molecule has 1 N–H and O–H groups in total. The van der Waals surface area contributed by atoms with Crippen LogP contribution >= 0.6 is 0 Å². The quantitative estimate of drug-likeness (QED) is 0.812. The van der Waals surface area contributed by atoms with Gasteiger partial charge in [-0.15, -0.1) is 0 Å². The van der Waals surface area contributed by atoms with E-state index < -0.39 is 0 Å². The van der Waals surface area contributed by atoms with Gasteiger partial charge in [-0.1, -0.05) is 37.3 Å². The molecule has 0 aliphatic carbocycles. The summed E-state index contributed by atoms with van der Waals surface area (Å²) in [6.07, 6.45) is 3.58. The first kappa shape index (κ1) is 19.8. The van der Waals surface area contributed by atoms with Crippen molar-refractivity contribution in [3.63, 3.8) is 0 Å². The maximum Gasteiger partial charge on any atom is 0.132 e. The number of hydrogen-bond donors (Lipinski definition) is 1. The molecular formula is C22H32N4O. The minimum Gasteiger partial charge on any atom is -0.388 e. The summed E-state index contributed by atoms with van der Waals surface area (Å²) in [6, 6.07) is 12.6. The van der Waals surface area contributed by atoms with Crippen molar-refractivity contribution in [1.82, 2.24) is 14.9 Å². The molecular weight excluding hydrogens is 336 g/mol. The van der Waals surface area contributed by atoms with Crippen LogP contribution in [0.3, 0.4) is 0 Å². The highest BCUT2D eigenvalue weighted by Gasteiger charge is 2.24. The van der Waals surface area contributed by atoms with Gasteiger partial charge in [0.15, 0.2) is 0 Å². The Morgan fingerprint density at radius 3 is 2.56 bits per heavy atom. The lowest BCUT2D eigenvalue weighted by Crippen LogP contribution is -2.44. The molecule has 3 rings (SSSR count). The molecule has 0 spiro atoms. The van der Waals surface area contributed by atoms with E-state index in [0.717, 1.165) is 68.2 Å². The number of hydrogen-bond acceptors (Lipinski definition) is 5. The Morgan fingerprint density at radius 1 is 1.19 bits per heavy atom. The predicted molar refractivity (Wildman–Crippen MR) is 110 cm³/mol. The predicted octanol–water partition coefficient (Wildman–Crippen LogP) is 3.37. The van der Waals surface area contributed by atoms with Gasteiger partial charge < -0.3 is 14.9 Å². The van der Waals surface area contributed by atoms with Gasteiger partial charge in [-0.2, -0.15) is 0 Å². The number of rotatable bonds is 7. The van der Waals surface area contributed by atoms with E-state index in [4.69, 9.17) is 0 Å². The molecule has 146 valence electrons. The van der Waals surface area contributed by atoms with E-state index in [1.54, 1.807) is 0 Å². The molecule has 1 aliphatic rings. The number of nitrogens with zero attached hydrogens (tertiary/aromatic N) is 4. The zero-order chi connectivity index (χ0) is 19.2. The normalized spacial score (nSPS) is 16.7. The number of aliphatic hydroxyl groups excluding tert-OH is 1. The Labute approximate surface area is 163 Å². The van der Waals surface area contributed by atoms with Crippen LogP contribution in [-0.2, 0) is 6.42 Å². The van der Waals surface area contributed by atoms with Crippen molar-refractivity contribution in [3.8, 4) is 0 Å². The van der Waals surface area contributed by atoms with Gasteiger partial charge in [-0.3, -0.25) is 0 Å². The number of aromatic nitrogens is 2. The minimum absolute atomic E-state index is 0.384. The molecule has 0 unspecified atom stereocenters. The zero-order valence-electron chi connectivity index (χ0n) is 16.8. The fraction of sp³-hybridized carbons (Fsp3) is 0.545. The largest absolute Gasteiger partial charge is 0.388 e. The van der Waals surface area contributed by atoms with E-state index in [1.807, 2.05) is 37.3 Å². The van der Waals surface area contributed by atoms with E-state index in [0.29, 0.717) is 6.04 Å². The second-order valence-corrected chi connectivity index (χ2v) is 7.53. The molecule has 5 nitrogen and oxygen atoms in total. The molecule has 5 heteroatoms. The maximum atomic E-state index is 10.4. The third kappa shape index (κ3) is 5.27. The first-order valence-electron chi connectivity index (χ1n) is 10.1. The minimum atomic E-state index is -0.384. The fourth-order valence-electron chi connectivity index (χ4n) is 3.84. The third-order valence-electron chi connectivity index (χ3n) is 5.59. The smallest absolute Gasteiger partial charge is 0.132 e. The molecule has 1 aromatic carbocycles. The van der Waals surface area contributed by atoms with Crippen molar-refractivity contribution in [2.24, 2.45) is 0 Å². The van der Waals surface area contributed by atoms with E-state index in [1.165, 1.54) is 0 Å². The summed E-state index contributed by atoms with van der Waals surface area (Å²) < 4.78 is 0. The highest BCUT2D eigenvalue weighted by atomic mass is 16.3. The van der Waals surface area contributed by atoms with Gasteiger partial charge in [0.1, 0.15) is 11.6 Å². The molecule has 27 heavy (non-hydrogen) atoms. The summed E-state index contributed by atoms with van der Waals surface area (Å²) >= 11 is 0. The molecule has 1 fully saturated rings. The van der Waals surface area contributed by atoms with E-state index >= 15 is 0 Å². The first-order valence-corrected chi connectivity index (χ1v) is 10.1. The van der Waals surface area contributed by atoms with E-state index in [2.05, 4.69) is 39.8 Å². The van der Waals surface area contributed by atoms with Crippen molar-refractivity contribution in [2.75, 3.05) is 31.6 Å². The Morgan fingerprint density at radius 2 is 1.89 bits per heavy atom. The Kier molecular flexibility index (Phi) is 6.80. The number of benzene rings is 1. The maximum absolute atomic E-state index is 10.4. The van der Waals surface area contributed by atoms with Gasteiger partial charge in [-0.05, 0) is 45.2 Å². The molecule has 1 saturated heterocycles. The van der Waals surface area contributed by atoms with Crippen LogP contribution < -0.4 is 4.90 Å². The molecule has 0 bridgehead atoms. The van der Waals surface area contributed by atoms with Crippen LogP contribution in [0.25, 0.3) is 0 Å². The summed E-state index contributed by atoms with van der Waals surface area (Å²) in [4.78, 5) is 13.9. The number of piperidine rings is 1. The number of aliphatic hydroxyl groups is 1. The van der Waals surface area contributed by atoms with Crippen LogP contribution in [0, 0.1) is 6.92 Å². The molecule has 1 aliphatic heterocycles. The first-order chi connectivity index (χ1) is 13.1. The van der Waals surface area contributed by atoms with Crippen LogP contribution in [0.5, 0.6) is 0 Å².